The van der Waals surface area contributed by atoms with Crippen LogP contribution in [0.3, 0.4) is 0 Å². The van der Waals surface area contributed by atoms with E-state index in [1.807, 2.05) is 4.57 Å². The maximum atomic E-state index is 12.7. The lowest BCUT2D eigenvalue weighted by Crippen LogP contribution is -2.33. The molecule has 1 saturated heterocycles. The molecule has 1 unspecified atom stereocenters. The number of hydrogen-bond donors (Lipinski definition) is 0. The molecule has 0 aromatic carbocycles. The number of ether oxygens (including phenoxy) is 1. The standard InChI is InChI=1S/C19H35N3O3S/c1-15(2)9-10-22-17(12-20-19(22)26(23,24)16(3)4)13-21(5)14-18-8-6-7-11-25-18/h12,15-16,18H,6-11,13-14H2,1-5H3. The van der Waals surface area contributed by atoms with E-state index in [9.17, 15) is 8.42 Å². The molecule has 26 heavy (non-hydrogen) atoms. The fourth-order valence-electron chi connectivity index (χ4n) is 3.22. The van der Waals surface area contributed by atoms with Crippen molar-refractivity contribution in [2.24, 2.45) is 5.92 Å². The van der Waals surface area contributed by atoms with Crippen LogP contribution in [0.5, 0.6) is 0 Å². The van der Waals surface area contributed by atoms with Crippen LogP contribution in [0.15, 0.2) is 11.4 Å². The molecule has 0 aliphatic carbocycles. The molecule has 2 rings (SSSR count). The molecule has 0 spiro atoms. The van der Waals surface area contributed by atoms with E-state index in [0.29, 0.717) is 19.0 Å². The lowest BCUT2D eigenvalue weighted by atomic mass is 10.1. The van der Waals surface area contributed by atoms with Gasteiger partial charge in [-0.05, 0) is 52.5 Å². The summed E-state index contributed by atoms with van der Waals surface area (Å²) in [5.74, 6) is 0.508. The molecule has 2 heterocycles. The van der Waals surface area contributed by atoms with E-state index in [1.54, 1.807) is 20.0 Å². The number of aromatic nitrogens is 2. The van der Waals surface area contributed by atoms with Crippen LogP contribution in [0, 0.1) is 5.92 Å². The number of imidazole rings is 1. The molecule has 1 aromatic heterocycles. The van der Waals surface area contributed by atoms with E-state index >= 15 is 0 Å². The summed E-state index contributed by atoms with van der Waals surface area (Å²) in [6.45, 7) is 10.8. The van der Waals surface area contributed by atoms with Gasteiger partial charge in [0.15, 0.2) is 0 Å². The highest BCUT2D eigenvalue weighted by Crippen LogP contribution is 2.20. The van der Waals surface area contributed by atoms with Crippen LogP contribution in [-0.2, 0) is 27.7 Å². The van der Waals surface area contributed by atoms with E-state index in [1.165, 1.54) is 6.42 Å². The Hall–Kier alpha value is -0.920. The summed E-state index contributed by atoms with van der Waals surface area (Å²) in [5.41, 5.74) is 0.961. The van der Waals surface area contributed by atoms with Crippen molar-refractivity contribution in [2.75, 3.05) is 20.2 Å². The second-order valence-electron chi connectivity index (χ2n) is 8.15. The summed E-state index contributed by atoms with van der Waals surface area (Å²) < 4.78 is 33.1. The second-order valence-corrected chi connectivity index (χ2v) is 10.5. The van der Waals surface area contributed by atoms with Crippen LogP contribution in [0.25, 0.3) is 0 Å². The van der Waals surface area contributed by atoms with Crippen LogP contribution in [0.4, 0.5) is 0 Å². The first-order valence-electron chi connectivity index (χ1n) is 9.80. The third kappa shape index (κ3) is 5.54. The molecule has 150 valence electrons. The molecule has 7 heteroatoms. The fourth-order valence-corrected chi connectivity index (χ4v) is 4.36. The molecule has 1 aromatic rings. The number of rotatable bonds is 9. The summed E-state index contributed by atoms with van der Waals surface area (Å²) >= 11 is 0. The van der Waals surface area contributed by atoms with Crippen molar-refractivity contribution in [1.82, 2.24) is 14.5 Å². The van der Waals surface area contributed by atoms with Crippen molar-refractivity contribution in [3.8, 4) is 0 Å². The van der Waals surface area contributed by atoms with Gasteiger partial charge in [-0.25, -0.2) is 13.4 Å². The average molecular weight is 386 g/mol. The SMILES string of the molecule is CC(C)CCn1c(CN(C)CC2CCCCO2)cnc1S(=O)(=O)C(C)C. The summed E-state index contributed by atoms with van der Waals surface area (Å²) in [7, 11) is -1.33. The molecule has 1 fully saturated rings. The molecule has 0 N–H and O–H groups in total. The Kier molecular flexibility index (Phi) is 7.67. The predicted molar refractivity (Wildman–Crippen MR) is 104 cm³/mol. The van der Waals surface area contributed by atoms with Gasteiger partial charge in [-0.3, -0.25) is 4.90 Å². The largest absolute Gasteiger partial charge is 0.377 e. The molecular formula is C19H35N3O3S. The Labute approximate surface area is 158 Å². The third-order valence-corrected chi connectivity index (χ3v) is 7.00. The fraction of sp³-hybridized carbons (Fsp3) is 0.842. The lowest BCUT2D eigenvalue weighted by molar-refractivity contribution is -0.00291. The van der Waals surface area contributed by atoms with Crippen LogP contribution in [0.1, 0.15) is 59.1 Å². The van der Waals surface area contributed by atoms with Gasteiger partial charge in [-0.15, -0.1) is 0 Å². The highest BCUT2D eigenvalue weighted by Gasteiger charge is 2.27. The van der Waals surface area contributed by atoms with Crippen molar-refractivity contribution < 1.29 is 13.2 Å². The molecule has 1 atom stereocenters. The zero-order valence-electron chi connectivity index (χ0n) is 16.9. The van der Waals surface area contributed by atoms with Gasteiger partial charge in [0.05, 0.1) is 23.2 Å². The average Bonchev–Trinajstić information content (AvgIpc) is 2.96. The van der Waals surface area contributed by atoms with Crippen LogP contribution < -0.4 is 0 Å². The summed E-state index contributed by atoms with van der Waals surface area (Å²) in [6, 6.07) is 0. The van der Waals surface area contributed by atoms with E-state index in [4.69, 9.17) is 4.74 Å². The number of likely N-dealkylation sites (N-methyl/N-ethyl adjacent to an activating group) is 1. The highest BCUT2D eigenvalue weighted by molar-refractivity contribution is 7.91. The normalized spacial score (nSPS) is 19.0. The Morgan fingerprint density at radius 2 is 2.04 bits per heavy atom. The minimum Gasteiger partial charge on any atom is -0.377 e. The second kappa shape index (κ2) is 9.33. The maximum absolute atomic E-state index is 12.7. The molecule has 1 aliphatic heterocycles. The summed E-state index contributed by atoms with van der Waals surface area (Å²) in [4.78, 5) is 6.52. The van der Waals surface area contributed by atoms with Gasteiger partial charge in [-0.1, -0.05) is 13.8 Å². The van der Waals surface area contributed by atoms with Crippen LogP contribution in [0.2, 0.25) is 0 Å². The third-order valence-electron chi connectivity index (χ3n) is 4.93. The van der Waals surface area contributed by atoms with E-state index in [-0.39, 0.29) is 11.3 Å². The van der Waals surface area contributed by atoms with Gasteiger partial charge in [0.2, 0.25) is 15.0 Å². The predicted octanol–water partition coefficient (Wildman–Crippen LogP) is 3.11. The molecule has 0 saturated carbocycles. The van der Waals surface area contributed by atoms with Crippen LogP contribution in [-0.4, -0.2) is 54.4 Å². The smallest absolute Gasteiger partial charge is 0.228 e. The van der Waals surface area contributed by atoms with E-state index in [2.05, 4.69) is 30.8 Å². The molecular weight excluding hydrogens is 350 g/mol. The Bertz CT molecular complexity index is 662. The molecule has 0 bridgehead atoms. The highest BCUT2D eigenvalue weighted by atomic mass is 32.2. The number of nitrogens with zero attached hydrogens (tertiary/aromatic N) is 3. The van der Waals surface area contributed by atoms with Gasteiger partial charge in [-0.2, -0.15) is 0 Å². The van der Waals surface area contributed by atoms with Crippen molar-refractivity contribution in [2.45, 2.75) is 83.0 Å². The van der Waals surface area contributed by atoms with Gasteiger partial charge < -0.3 is 9.30 Å². The zero-order valence-corrected chi connectivity index (χ0v) is 17.8. The Morgan fingerprint density at radius 1 is 1.31 bits per heavy atom. The summed E-state index contributed by atoms with van der Waals surface area (Å²) in [6.07, 6.45) is 6.41. The van der Waals surface area contributed by atoms with Crippen molar-refractivity contribution in [3.05, 3.63) is 11.9 Å². The summed E-state index contributed by atoms with van der Waals surface area (Å²) in [5, 5.41) is -0.255. The van der Waals surface area contributed by atoms with Crippen LogP contribution >= 0.6 is 0 Å². The first-order chi connectivity index (χ1) is 12.2. The molecule has 0 radical (unpaired) electrons. The molecule has 1 aliphatic rings. The quantitative estimate of drug-likeness (QED) is 0.653. The number of hydrogen-bond acceptors (Lipinski definition) is 5. The van der Waals surface area contributed by atoms with Crippen molar-refractivity contribution >= 4 is 9.84 Å². The van der Waals surface area contributed by atoms with Gasteiger partial charge >= 0.3 is 0 Å². The first-order valence-corrected chi connectivity index (χ1v) is 11.3. The van der Waals surface area contributed by atoms with E-state index < -0.39 is 15.1 Å². The topological polar surface area (TPSA) is 64.4 Å². The Balaban J connectivity index is 2.16. The molecule has 0 amide bonds. The zero-order chi connectivity index (χ0) is 19.3. The van der Waals surface area contributed by atoms with Gasteiger partial charge in [0.25, 0.3) is 0 Å². The monoisotopic (exact) mass is 385 g/mol. The van der Waals surface area contributed by atoms with Crippen molar-refractivity contribution in [1.29, 1.82) is 0 Å². The van der Waals surface area contributed by atoms with Crippen molar-refractivity contribution in [3.63, 3.8) is 0 Å². The molecule has 6 nitrogen and oxygen atoms in total. The number of sulfone groups is 1. The van der Waals surface area contributed by atoms with Gasteiger partial charge in [0, 0.05) is 26.2 Å². The van der Waals surface area contributed by atoms with Gasteiger partial charge in [0.1, 0.15) is 0 Å². The first kappa shape index (κ1) is 21.4. The van der Waals surface area contributed by atoms with E-state index in [0.717, 1.165) is 38.1 Å². The maximum Gasteiger partial charge on any atom is 0.228 e. The lowest BCUT2D eigenvalue weighted by Gasteiger charge is -2.27. The minimum absolute atomic E-state index is 0.213. The Morgan fingerprint density at radius 3 is 2.62 bits per heavy atom. The minimum atomic E-state index is -3.39.